The van der Waals surface area contributed by atoms with Gasteiger partial charge in [-0.1, -0.05) is 20.3 Å². The van der Waals surface area contributed by atoms with Crippen LogP contribution in [0.15, 0.2) is 18.3 Å². The van der Waals surface area contributed by atoms with Crippen molar-refractivity contribution in [2.75, 3.05) is 29.0 Å². The second-order valence-corrected chi connectivity index (χ2v) is 6.44. The highest BCUT2D eigenvalue weighted by molar-refractivity contribution is 7.92. The fraction of sp³-hybridized carbons (Fsp3) is 0.615. The molecule has 0 fully saturated rings. The maximum atomic E-state index is 11.6. The number of aromatic nitrogens is 1. The summed E-state index contributed by atoms with van der Waals surface area (Å²) in [7, 11) is -1.25. The smallest absolute Gasteiger partial charge is 0.232 e. The number of sulfonamides is 1. The molecule has 0 aliphatic heterocycles. The van der Waals surface area contributed by atoms with E-state index in [4.69, 9.17) is 0 Å². The number of nitrogens with one attached hydrogen (secondary N) is 1. The Morgan fingerprint density at radius 2 is 2.00 bits per heavy atom. The Morgan fingerprint density at radius 1 is 1.26 bits per heavy atom. The zero-order valence-electron chi connectivity index (χ0n) is 11.9. The van der Waals surface area contributed by atoms with Crippen molar-refractivity contribution in [3.63, 3.8) is 0 Å². The summed E-state index contributed by atoms with van der Waals surface area (Å²) < 4.78 is 25.7. The summed E-state index contributed by atoms with van der Waals surface area (Å²) in [6.45, 7) is 4.93. The van der Waals surface area contributed by atoms with Crippen molar-refractivity contribution in [2.45, 2.75) is 33.1 Å². The molecule has 108 valence electrons. The van der Waals surface area contributed by atoms with Crippen molar-refractivity contribution >= 4 is 21.5 Å². The molecule has 0 aliphatic rings. The summed E-state index contributed by atoms with van der Waals surface area (Å²) >= 11 is 0. The summed E-state index contributed by atoms with van der Waals surface area (Å²) in [5, 5.41) is 0. The summed E-state index contributed by atoms with van der Waals surface area (Å²) in [4.78, 5) is 6.34. The molecule has 19 heavy (non-hydrogen) atoms. The molecule has 1 rings (SSSR count). The Hall–Kier alpha value is -1.30. The maximum absolute atomic E-state index is 11.6. The first-order valence-corrected chi connectivity index (χ1v) is 8.31. The van der Waals surface area contributed by atoms with Gasteiger partial charge < -0.3 is 4.90 Å². The summed E-state index contributed by atoms with van der Waals surface area (Å²) in [6.07, 6.45) is 4.41. The minimum atomic E-state index is -3.24. The van der Waals surface area contributed by atoms with E-state index in [2.05, 4.69) is 21.5 Å². The lowest BCUT2D eigenvalue weighted by Gasteiger charge is -2.17. The molecule has 1 N–H and O–H groups in total. The van der Waals surface area contributed by atoms with Crippen LogP contribution in [-0.4, -0.2) is 32.7 Å². The third-order valence-corrected chi connectivity index (χ3v) is 4.22. The van der Waals surface area contributed by atoms with Gasteiger partial charge in [0.05, 0.1) is 17.6 Å². The monoisotopic (exact) mass is 285 g/mol. The molecule has 0 aliphatic carbocycles. The standard InChI is InChI=1S/C13H23N3O2S/c1-4-6-9-16(3)13-8-7-12(11-14-13)15-19(17,18)10-5-2/h7-8,11,15H,4-6,9-10H2,1-3H3. The van der Waals surface area contributed by atoms with Crippen molar-refractivity contribution in [1.29, 1.82) is 0 Å². The van der Waals surface area contributed by atoms with Gasteiger partial charge in [-0.25, -0.2) is 13.4 Å². The predicted molar refractivity (Wildman–Crippen MR) is 80.1 cm³/mol. The van der Waals surface area contributed by atoms with E-state index in [0.29, 0.717) is 12.1 Å². The molecular formula is C13H23N3O2S. The van der Waals surface area contributed by atoms with Gasteiger partial charge in [-0.3, -0.25) is 4.72 Å². The van der Waals surface area contributed by atoms with Gasteiger partial charge in [-0.2, -0.15) is 0 Å². The van der Waals surface area contributed by atoms with E-state index in [-0.39, 0.29) is 5.75 Å². The average Bonchev–Trinajstić information content (AvgIpc) is 2.36. The molecule has 0 saturated carbocycles. The van der Waals surface area contributed by atoms with Crippen molar-refractivity contribution in [1.82, 2.24) is 4.98 Å². The van der Waals surface area contributed by atoms with Gasteiger partial charge >= 0.3 is 0 Å². The zero-order chi connectivity index (χ0) is 14.3. The van der Waals surface area contributed by atoms with Gasteiger partial charge in [-0.05, 0) is 25.0 Å². The van der Waals surface area contributed by atoms with Crippen LogP contribution in [0.2, 0.25) is 0 Å². The van der Waals surface area contributed by atoms with Crippen LogP contribution in [0.5, 0.6) is 0 Å². The van der Waals surface area contributed by atoms with Crippen LogP contribution >= 0.6 is 0 Å². The fourth-order valence-corrected chi connectivity index (χ4v) is 2.80. The van der Waals surface area contributed by atoms with Crippen molar-refractivity contribution < 1.29 is 8.42 Å². The molecule has 0 saturated heterocycles. The second-order valence-electron chi connectivity index (χ2n) is 4.60. The number of unbranched alkanes of at least 4 members (excludes halogenated alkanes) is 1. The van der Waals surface area contributed by atoms with E-state index in [1.165, 1.54) is 0 Å². The average molecular weight is 285 g/mol. The molecule has 1 heterocycles. The Bertz CT molecular complexity index is 471. The first kappa shape index (κ1) is 15.8. The fourth-order valence-electron chi connectivity index (χ4n) is 1.68. The van der Waals surface area contributed by atoms with Crippen LogP contribution in [-0.2, 0) is 10.0 Å². The van der Waals surface area contributed by atoms with Gasteiger partial charge in [0.25, 0.3) is 0 Å². The highest BCUT2D eigenvalue weighted by Crippen LogP contribution is 2.14. The molecule has 5 nitrogen and oxygen atoms in total. The molecule has 0 aromatic carbocycles. The highest BCUT2D eigenvalue weighted by Gasteiger charge is 2.09. The van der Waals surface area contributed by atoms with Crippen molar-refractivity contribution in [3.8, 4) is 0 Å². The molecule has 1 aromatic rings. The summed E-state index contributed by atoms with van der Waals surface area (Å²) in [5.41, 5.74) is 0.515. The number of pyridine rings is 1. The number of hydrogen-bond acceptors (Lipinski definition) is 4. The van der Waals surface area contributed by atoms with Crippen LogP contribution in [0.25, 0.3) is 0 Å². The summed E-state index contributed by atoms with van der Waals surface area (Å²) in [6, 6.07) is 3.58. The van der Waals surface area contributed by atoms with Crippen LogP contribution in [0.4, 0.5) is 11.5 Å². The van der Waals surface area contributed by atoms with Gasteiger partial charge in [0.15, 0.2) is 0 Å². The lowest BCUT2D eigenvalue weighted by atomic mass is 10.3. The van der Waals surface area contributed by atoms with E-state index in [0.717, 1.165) is 25.2 Å². The van der Waals surface area contributed by atoms with E-state index in [1.54, 1.807) is 12.3 Å². The molecule has 0 amide bonds. The number of rotatable bonds is 8. The van der Waals surface area contributed by atoms with E-state index < -0.39 is 10.0 Å². The first-order chi connectivity index (χ1) is 8.98. The Morgan fingerprint density at radius 3 is 2.53 bits per heavy atom. The van der Waals surface area contributed by atoms with E-state index in [9.17, 15) is 8.42 Å². The Balaban J connectivity index is 2.66. The molecule has 0 spiro atoms. The number of hydrogen-bond donors (Lipinski definition) is 1. The minimum absolute atomic E-state index is 0.130. The topological polar surface area (TPSA) is 62.3 Å². The highest BCUT2D eigenvalue weighted by atomic mass is 32.2. The minimum Gasteiger partial charge on any atom is -0.360 e. The van der Waals surface area contributed by atoms with Crippen molar-refractivity contribution in [3.05, 3.63) is 18.3 Å². The molecule has 0 radical (unpaired) electrons. The van der Waals surface area contributed by atoms with Gasteiger partial charge in [0, 0.05) is 13.6 Å². The van der Waals surface area contributed by atoms with E-state index in [1.807, 2.05) is 20.0 Å². The van der Waals surface area contributed by atoms with Gasteiger partial charge in [0.2, 0.25) is 10.0 Å². The molecular weight excluding hydrogens is 262 g/mol. The predicted octanol–water partition coefficient (Wildman–Crippen LogP) is 2.47. The van der Waals surface area contributed by atoms with E-state index >= 15 is 0 Å². The number of nitrogens with zero attached hydrogens (tertiary/aromatic N) is 2. The third kappa shape index (κ3) is 5.46. The lowest BCUT2D eigenvalue weighted by molar-refractivity contribution is 0.600. The SMILES string of the molecule is CCCCN(C)c1ccc(NS(=O)(=O)CCC)cn1. The zero-order valence-corrected chi connectivity index (χ0v) is 12.7. The van der Waals surface area contributed by atoms with Crippen LogP contribution in [0, 0.1) is 0 Å². The molecule has 0 atom stereocenters. The number of anilines is 2. The largest absolute Gasteiger partial charge is 0.360 e. The Labute approximate surface area is 116 Å². The normalized spacial score (nSPS) is 11.3. The molecule has 6 heteroatoms. The molecule has 0 bridgehead atoms. The third-order valence-electron chi connectivity index (χ3n) is 2.73. The quantitative estimate of drug-likeness (QED) is 0.797. The second kappa shape index (κ2) is 7.33. The summed E-state index contributed by atoms with van der Waals surface area (Å²) in [5.74, 6) is 0.984. The lowest BCUT2D eigenvalue weighted by Crippen LogP contribution is -2.20. The van der Waals surface area contributed by atoms with Crippen molar-refractivity contribution in [2.24, 2.45) is 0 Å². The molecule has 1 aromatic heterocycles. The van der Waals surface area contributed by atoms with Gasteiger partial charge in [0.1, 0.15) is 5.82 Å². The molecule has 0 unspecified atom stereocenters. The van der Waals surface area contributed by atoms with Crippen LogP contribution in [0.3, 0.4) is 0 Å². The Kier molecular flexibility index (Phi) is 6.08. The van der Waals surface area contributed by atoms with Gasteiger partial charge in [-0.15, -0.1) is 0 Å². The first-order valence-electron chi connectivity index (χ1n) is 6.66. The van der Waals surface area contributed by atoms with Crippen LogP contribution in [0.1, 0.15) is 33.1 Å². The van der Waals surface area contributed by atoms with Crippen LogP contribution < -0.4 is 9.62 Å². The maximum Gasteiger partial charge on any atom is 0.232 e.